The molecule has 2 nitrogen and oxygen atoms in total. The molecule has 1 saturated carbocycles. The van der Waals surface area contributed by atoms with Crippen LogP contribution < -0.4 is 5.73 Å². The van der Waals surface area contributed by atoms with Crippen LogP contribution >= 0.6 is 0 Å². The molecule has 12 heavy (non-hydrogen) atoms. The second kappa shape index (κ2) is 2.23. The Morgan fingerprint density at radius 2 is 2.00 bits per heavy atom. The molecule has 3 N–H and O–H groups in total. The number of aliphatic hydroxyl groups is 1. The Bertz CT molecular complexity index is 295. The van der Waals surface area contributed by atoms with Crippen LogP contribution in [0.3, 0.4) is 0 Å². The van der Waals surface area contributed by atoms with Gasteiger partial charge in [0.25, 0.3) is 0 Å². The average molecular weight is 163 g/mol. The lowest BCUT2D eigenvalue weighted by molar-refractivity contribution is 0.151. The molecule has 0 spiro atoms. The van der Waals surface area contributed by atoms with Crippen molar-refractivity contribution in [1.29, 1.82) is 0 Å². The molecule has 1 aliphatic carbocycles. The van der Waals surface area contributed by atoms with Crippen LogP contribution in [0, 0.1) is 6.92 Å². The summed E-state index contributed by atoms with van der Waals surface area (Å²) < 4.78 is 0. The van der Waals surface area contributed by atoms with Gasteiger partial charge >= 0.3 is 0 Å². The fourth-order valence-corrected chi connectivity index (χ4v) is 1.49. The van der Waals surface area contributed by atoms with Gasteiger partial charge in [-0.1, -0.05) is 6.07 Å². The third-order valence-corrected chi connectivity index (χ3v) is 2.36. The largest absolute Gasteiger partial charge is 0.399 e. The summed E-state index contributed by atoms with van der Waals surface area (Å²) in [6, 6.07) is 5.78. The van der Waals surface area contributed by atoms with Crippen molar-refractivity contribution in [3.8, 4) is 0 Å². The second-order valence-electron chi connectivity index (χ2n) is 3.66. The SMILES string of the molecule is Cc1cc(N)cc(C2(O)CC2)c1. The first kappa shape index (κ1) is 7.62. The summed E-state index contributed by atoms with van der Waals surface area (Å²) in [5.41, 5.74) is 7.95. The van der Waals surface area contributed by atoms with Crippen molar-refractivity contribution in [2.45, 2.75) is 25.4 Å². The van der Waals surface area contributed by atoms with E-state index >= 15 is 0 Å². The lowest BCUT2D eigenvalue weighted by Crippen LogP contribution is -2.05. The first-order valence-electron chi connectivity index (χ1n) is 4.20. The first-order chi connectivity index (χ1) is 5.60. The predicted molar refractivity (Wildman–Crippen MR) is 48.7 cm³/mol. The van der Waals surface area contributed by atoms with Crippen LogP contribution in [0.4, 0.5) is 5.69 Å². The van der Waals surface area contributed by atoms with Crippen LogP contribution in [0.1, 0.15) is 24.0 Å². The maximum Gasteiger partial charge on any atom is 0.0899 e. The van der Waals surface area contributed by atoms with Crippen molar-refractivity contribution in [3.63, 3.8) is 0 Å². The summed E-state index contributed by atoms with van der Waals surface area (Å²) in [5, 5.41) is 9.79. The maximum atomic E-state index is 9.79. The van der Waals surface area contributed by atoms with Gasteiger partial charge in [-0.3, -0.25) is 0 Å². The van der Waals surface area contributed by atoms with Crippen molar-refractivity contribution in [1.82, 2.24) is 0 Å². The molecule has 1 aromatic rings. The summed E-state index contributed by atoms with van der Waals surface area (Å²) in [6.45, 7) is 1.99. The van der Waals surface area contributed by atoms with Crippen LogP contribution in [0.25, 0.3) is 0 Å². The van der Waals surface area contributed by atoms with Gasteiger partial charge < -0.3 is 10.8 Å². The number of aryl methyl sites for hydroxylation is 1. The quantitative estimate of drug-likeness (QED) is 0.617. The van der Waals surface area contributed by atoms with E-state index in [1.54, 1.807) is 0 Å². The molecule has 0 bridgehead atoms. The summed E-state index contributed by atoms with van der Waals surface area (Å²) in [5.74, 6) is 0. The van der Waals surface area contributed by atoms with Gasteiger partial charge in [0.2, 0.25) is 0 Å². The molecular formula is C10H13NO. The third kappa shape index (κ3) is 1.18. The zero-order chi connectivity index (χ0) is 8.77. The van der Waals surface area contributed by atoms with Crippen LogP contribution in [0.15, 0.2) is 18.2 Å². The highest BCUT2D eigenvalue weighted by atomic mass is 16.3. The topological polar surface area (TPSA) is 46.2 Å². The Morgan fingerprint density at radius 3 is 2.50 bits per heavy atom. The van der Waals surface area contributed by atoms with Crippen LogP contribution in [-0.4, -0.2) is 5.11 Å². The fraction of sp³-hybridized carbons (Fsp3) is 0.400. The van der Waals surface area contributed by atoms with Gasteiger partial charge in [0.15, 0.2) is 0 Å². The highest BCUT2D eigenvalue weighted by Crippen LogP contribution is 2.45. The molecule has 2 heteroatoms. The molecule has 0 radical (unpaired) electrons. The van der Waals surface area contributed by atoms with Crippen molar-refractivity contribution < 1.29 is 5.11 Å². The molecule has 0 saturated heterocycles. The number of anilines is 1. The number of rotatable bonds is 1. The number of hydrogen-bond donors (Lipinski definition) is 2. The van der Waals surface area contributed by atoms with E-state index in [1.165, 1.54) is 0 Å². The highest BCUT2D eigenvalue weighted by molar-refractivity contribution is 5.47. The van der Waals surface area contributed by atoms with Gasteiger partial charge in [0.1, 0.15) is 0 Å². The van der Waals surface area contributed by atoms with E-state index in [0.29, 0.717) is 0 Å². The molecule has 1 aromatic carbocycles. The van der Waals surface area contributed by atoms with Crippen LogP contribution in [-0.2, 0) is 5.60 Å². The molecule has 2 rings (SSSR count). The molecule has 0 unspecified atom stereocenters. The third-order valence-electron chi connectivity index (χ3n) is 2.36. The minimum Gasteiger partial charge on any atom is -0.399 e. The molecule has 0 atom stereocenters. The van der Waals surface area contributed by atoms with Gasteiger partial charge in [0.05, 0.1) is 5.60 Å². The van der Waals surface area contributed by atoms with Gasteiger partial charge in [-0.25, -0.2) is 0 Å². The molecular weight excluding hydrogens is 150 g/mol. The predicted octanol–water partition coefficient (Wildman–Crippen LogP) is 1.56. The van der Waals surface area contributed by atoms with Gasteiger partial charge in [-0.2, -0.15) is 0 Å². The molecule has 0 aromatic heterocycles. The van der Waals surface area contributed by atoms with Crippen molar-refractivity contribution >= 4 is 5.69 Å². The van der Waals surface area contributed by atoms with Crippen molar-refractivity contribution in [3.05, 3.63) is 29.3 Å². The normalized spacial score (nSPS) is 19.2. The van der Waals surface area contributed by atoms with Crippen molar-refractivity contribution in [2.75, 3.05) is 5.73 Å². The van der Waals surface area contributed by atoms with E-state index < -0.39 is 5.60 Å². The molecule has 0 heterocycles. The molecule has 1 fully saturated rings. The van der Waals surface area contributed by atoms with E-state index in [4.69, 9.17) is 5.73 Å². The standard InChI is InChI=1S/C10H13NO/c1-7-4-8(6-9(11)5-7)10(12)2-3-10/h4-6,12H,2-3,11H2,1H3. The zero-order valence-electron chi connectivity index (χ0n) is 7.17. The summed E-state index contributed by atoms with van der Waals surface area (Å²) in [6.07, 6.45) is 1.74. The molecule has 1 aliphatic rings. The van der Waals surface area contributed by atoms with Crippen LogP contribution in [0.5, 0.6) is 0 Å². The van der Waals surface area contributed by atoms with E-state index in [1.807, 2.05) is 25.1 Å². The average Bonchev–Trinajstić information content (AvgIpc) is 2.67. The first-order valence-corrected chi connectivity index (χ1v) is 4.20. The summed E-state index contributed by atoms with van der Waals surface area (Å²) >= 11 is 0. The maximum absolute atomic E-state index is 9.79. The van der Waals surface area contributed by atoms with Crippen molar-refractivity contribution in [2.24, 2.45) is 0 Å². The number of nitrogen functional groups attached to an aromatic ring is 1. The number of benzene rings is 1. The Morgan fingerprint density at radius 1 is 1.33 bits per heavy atom. The van der Waals surface area contributed by atoms with E-state index in [-0.39, 0.29) is 0 Å². The summed E-state index contributed by atoms with van der Waals surface area (Å²) in [4.78, 5) is 0. The molecule has 0 amide bonds. The Balaban J connectivity index is 2.44. The molecule has 0 aliphatic heterocycles. The smallest absolute Gasteiger partial charge is 0.0899 e. The minimum absolute atomic E-state index is 0.555. The monoisotopic (exact) mass is 163 g/mol. The van der Waals surface area contributed by atoms with Crippen LogP contribution in [0.2, 0.25) is 0 Å². The lowest BCUT2D eigenvalue weighted by atomic mass is 10.0. The fourth-order valence-electron chi connectivity index (χ4n) is 1.49. The highest BCUT2D eigenvalue weighted by Gasteiger charge is 2.42. The minimum atomic E-state index is -0.555. The number of hydrogen-bond acceptors (Lipinski definition) is 2. The second-order valence-corrected chi connectivity index (χ2v) is 3.66. The number of nitrogens with two attached hydrogens (primary N) is 1. The van der Waals surface area contributed by atoms with Gasteiger partial charge in [-0.15, -0.1) is 0 Å². The van der Waals surface area contributed by atoms with Gasteiger partial charge in [0, 0.05) is 5.69 Å². The summed E-state index contributed by atoms with van der Waals surface area (Å²) in [7, 11) is 0. The van der Waals surface area contributed by atoms with E-state index in [2.05, 4.69) is 0 Å². The Labute approximate surface area is 72.0 Å². The lowest BCUT2D eigenvalue weighted by Gasteiger charge is -2.09. The van der Waals surface area contributed by atoms with E-state index in [0.717, 1.165) is 29.7 Å². The molecule has 64 valence electrons. The van der Waals surface area contributed by atoms with E-state index in [9.17, 15) is 5.11 Å². The van der Waals surface area contributed by atoms with Gasteiger partial charge in [-0.05, 0) is 43.0 Å². The Kier molecular flexibility index (Phi) is 1.42. The zero-order valence-corrected chi connectivity index (χ0v) is 7.17. The Hall–Kier alpha value is -1.02.